The highest BCUT2D eigenvalue weighted by molar-refractivity contribution is 6.30. The third-order valence-electron chi connectivity index (χ3n) is 2.92. The summed E-state index contributed by atoms with van der Waals surface area (Å²) in [5.74, 6) is -0.709. The van der Waals surface area contributed by atoms with Gasteiger partial charge in [0.25, 0.3) is 0 Å². The Morgan fingerprint density at radius 3 is 2.79 bits per heavy atom. The van der Waals surface area contributed by atoms with Crippen LogP contribution in [0.2, 0.25) is 5.15 Å². The Morgan fingerprint density at radius 1 is 1.53 bits per heavy atom. The van der Waals surface area contributed by atoms with E-state index in [0.717, 1.165) is 0 Å². The molecule has 0 spiro atoms. The van der Waals surface area contributed by atoms with Gasteiger partial charge in [0.1, 0.15) is 17.0 Å². The SMILES string of the molecule is COC(=O)c1ccc([C@@H](O)C2=CCCC2=O)c(Cl)n1. The Bertz CT molecular complexity index is 568. The number of hydrogen-bond donors (Lipinski definition) is 1. The number of allylic oxidation sites excluding steroid dienone is 1. The molecule has 1 N–H and O–H groups in total. The van der Waals surface area contributed by atoms with Gasteiger partial charge in [0.15, 0.2) is 5.78 Å². The molecule has 2 rings (SSSR count). The summed E-state index contributed by atoms with van der Waals surface area (Å²) in [7, 11) is 1.24. The van der Waals surface area contributed by atoms with Gasteiger partial charge < -0.3 is 9.84 Å². The van der Waals surface area contributed by atoms with Gasteiger partial charge >= 0.3 is 5.97 Å². The van der Waals surface area contributed by atoms with Crippen LogP contribution in [0.25, 0.3) is 0 Å². The van der Waals surface area contributed by atoms with Crippen molar-refractivity contribution < 1.29 is 19.4 Å². The van der Waals surface area contributed by atoms with Crippen molar-refractivity contribution in [2.75, 3.05) is 7.11 Å². The van der Waals surface area contributed by atoms with Crippen LogP contribution in [0.5, 0.6) is 0 Å². The van der Waals surface area contributed by atoms with Crippen LogP contribution in [-0.4, -0.2) is 29.0 Å². The summed E-state index contributed by atoms with van der Waals surface area (Å²) >= 11 is 5.93. The second-order valence-corrected chi connectivity index (χ2v) is 4.45. The maximum Gasteiger partial charge on any atom is 0.356 e. The fourth-order valence-corrected chi connectivity index (χ4v) is 2.17. The summed E-state index contributed by atoms with van der Waals surface area (Å²) in [5, 5.41) is 10.1. The predicted molar refractivity (Wildman–Crippen MR) is 67.9 cm³/mol. The van der Waals surface area contributed by atoms with E-state index in [9.17, 15) is 14.7 Å². The molecule has 1 atom stereocenters. The molecule has 0 aromatic carbocycles. The Hall–Kier alpha value is -1.72. The minimum absolute atomic E-state index is 0.0176. The Balaban J connectivity index is 2.31. The van der Waals surface area contributed by atoms with Crippen molar-refractivity contribution in [1.29, 1.82) is 0 Å². The first kappa shape index (κ1) is 13.7. The molecule has 0 bridgehead atoms. The van der Waals surface area contributed by atoms with E-state index in [1.54, 1.807) is 6.08 Å². The van der Waals surface area contributed by atoms with Crippen LogP contribution < -0.4 is 0 Å². The maximum absolute atomic E-state index is 11.6. The van der Waals surface area contributed by atoms with Crippen LogP contribution in [0.15, 0.2) is 23.8 Å². The predicted octanol–water partition coefficient (Wildman–Crippen LogP) is 1.84. The number of aliphatic hydroxyl groups is 1. The molecule has 0 amide bonds. The zero-order chi connectivity index (χ0) is 14.0. The van der Waals surface area contributed by atoms with Crippen molar-refractivity contribution in [1.82, 2.24) is 4.98 Å². The number of nitrogens with zero attached hydrogens (tertiary/aromatic N) is 1. The molecule has 0 fully saturated rings. The van der Waals surface area contributed by atoms with E-state index in [1.807, 2.05) is 0 Å². The van der Waals surface area contributed by atoms with E-state index in [2.05, 4.69) is 9.72 Å². The van der Waals surface area contributed by atoms with Gasteiger partial charge in [0.2, 0.25) is 0 Å². The van der Waals surface area contributed by atoms with Gasteiger partial charge in [-0.2, -0.15) is 0 Å². The highest BCUT2D eigenvalue weighted by atomic mass is 35.5. The number of carbonyl (C=O) groups is 2. The number of carbonyl (C=O) groups excluding carboxylic acids is 2. The molecule has 0 unspecified atom stereocenters. The van der Waals surface area contributed by atoms with Crippen LogP contribution in [0, 0.1) is 0 Å². The highest BCUT2D eigenvalue weighted by Gasteiger charge is 2.26. The number of ether oxygens (including phenoxy) is 1. The first-order valence-corrected chi connectivity index (χ1v) is 6.08. The molecule has 0 aliphatic heterocycles. The molecule has 1 aliphatic carbocycles. The lowest BCUT2D eigenvalue weighted by atomic mass is 10.0. The summed E-state index contributed by atoms with van der Waals surface area (Å²) in [6.45, 7) is 0. The molecule has 0 radical (unpaired) electrons. The van der Waals surface area contributed by atoms with E-state index in [0.29, 0.717) is 24.0 Å². The van der Waals surface area contributed by atoms with Crippen molar-refractivity contribution in [3.05, 3.63) is 40.2 Å². The van der Waals surface area contributed by atoms with Gasteiger partial charge in [-0.25, -0.2) is 9.78 Å². The second-order valence-electron chi connectivity index (χ2n) is 4.09. The highest BCUT2D eigenvalue weighted by Crippen LogP contribution is 2.31. The molecule has 1 aromatic heterocycles. The summed E-state index contributed by atoms with van der Waals surface area (Å²) in [5.41, 5.74) is 0.681. The minimum Gasteiger partial charge on any atom is -0.464 e. The summed E-state index contributed by atoms with van der Waals surface area (Å²) < 4.78 is 4.52. The molecule has 0 saturated carbocycles. The average Bonchev–Trinajstić information content (AvgIpc) is 2.83. The monoisotopic (exact) mass is 281 g/mol. The Kier molecular flexibility index (Phi) is 3.97. The number of aromatic nitrogens is 1. The number of rotatable bonds is 3. The quantitative estimate of drug-likeness (QED) is 0.676. The minimum atomic E-state index is -1.11. The summed E-state index contributed by atoms with van der Waals surface area (Å²) in [6, 6.07) is 2.87. The lowest BCUT2D eigenvalue weighted by Gasteiger charge is -2.13. The normalized spacial score (nSPS) is 16.2. The molecular formula is C13H12ClNO4. The number of ketones is 1. The molecule has 1 aromatic rings. The zero-order valence-electron chi connectivity index (χ0n) is 10.2. The van der Waals surface area contributed by atoms with Gasteiger partial charge in [-0.3, -0.25) is 4.79 Å². The van der Waals surface area contributed by atoms with Crippen molar-refractivity contribution in [3.8, 4) is 0 Å². The van der Waals surface area contributed by atoms with Crippen LogP contribution in [0.4, 0.5) is 0 Å². The Morgan fingerprint density at radius 2 is 2.26 bits per heavy atom. The number of hydrogen-bond acceptors (Lipinski definition) is 5. The standard InChI is InChI=1S/C13H12ClNO4/c1-19-13(18)9-6-5-8(12(14)15-9)11(17)7-3-2-4-10(7)16/h3,5-6,11,17H,2,4H2,1H3/t11-/m0/s1. The number of methoxy groups -OCH3 is 1. The number of halogens is 1. The van der Waals surface area contributed by atoms with E-state index in [1.165, 1.54) is 19.2 Å². The molecule has 6 heteroatoms. The van der Waals surface area contributed by atoms with Crippen LogP contribution >= 0.6 is 11.6 Å². The molecule has 1 heterocycles. The summed E-state index contributed by atoms with van der Waals surface area (Å²) in [6.07, 6.45) is 1.60. The molecule has 19 heavy (non-hydrogen) atoms. The second kappa shape index (κ2) is 5.50. The topological polar surface area (TPSA) is 76.5 Å². The van der Waals surface area contributed by atoms with Gasteiger partial charge in [0.05, 0.1) is 7.11 Å². The first-order valence-electron chi connectivity index (χ1n) is 5.70. The van der Waals surface area contributed by atoms with E-state index in [-0.39, 0.29) is 16.6 Å². The van der Waals surface area contributed by atoms with Gasteiger partial charge in [0, 0.05) is 17.6 Å². The third-order valence-corrected chi connectivity index (χ3v) is 3.22. The molecule has 1 aliphatic rings. The fraction of sp³-hybridized carbons (Fsp3) is 0.308. The summed E-state index contributed by atoms with van der Waals surface area (Å²) in [4.78, 5) is 26.7. The first-order chi connectivity index (χ1) is 9.04. The van der Waals surface area contributed by atoms with Crippen molar-refractivity contribution in [2.24, 2.45) is 0 Å². The van der Waals surface area contributed by atoms with Gasteiger partial charge in [-0.1, -0.05) is 23.7 Å². The van der Waals surface area contributed by atoms with E-state index in [4.69, 9.17) is 11.6 Å². The average molecular weight is 282 g/mol. The fourth-order valence-electron chi connectivity index (χ4n) is 1.92. The zero-order valence-corrected chi connectivity index (χ0v) is 11.0. The van der Waals surface area contributed by atoms with E-state index < -0.39 is 12.1 Å². The lowest BCUT2D eigenvalue weighted by molar-refractivity contribution is -0.115. The number of aliphatic hydroxyl groups excluding tert-OH is 1. The molecule has 100 valence electrons. The Labute approximate surface area is 114 Å². The van der Waals surface area contributed by atoms with Crippen molar-refractivity contribution in [3.63, 3.8) is 0 Å². The van der Waals surface area contributed by atoms with Gasteiger partial charge in [-0.05, 0) is 12.5 Å². The van der Waals surface area contributed by atoms with Crippen molar-refractivity contribution >= 4 is 23.4 Å². The number of Topliss-reactive ketones (excluding diaryl/α,β-unsaturated/α-hetero) is 1. The largest absolute Gasteiger partial charge is 0.464 e. The van der Waals surface area contributed by atoms with Crippen LogP contribution in [0.1, 0.15) is 35.0 Å². The van der Waals surface area contributed by atoms with E-state index >= 15 is 0 Å². The van der Waals surface area contributed by atoms with Crippen molar-refractivity contribution in [2.45, 2.75) is 18.9 Å². The molecular weight excluding hydrogens is 270 g/mol. The lowest BCUT2D eigenvalue weighted by Crippen LogP contribution is -2.11. The van der Waals surface area contributed by atoms with Crippen LogP contribution in [0.3, 0.4) is 0 Å². The van der Waals surface area contributed by atoms with Crippen LogP contribution in [-0.2, 0) is 9.53 Å². The smallest absolute Gasteiger partial charge is 0.356 e. The number of esters is 1. The molecule has 0 saturated heterocycles. The third kappa shape index (κ3) is 2.67. The number of pyridine rings is 1. The van der Waals surface area contributed by atoms with Gasteiger partial charge in [-0.15, -0.1) is 0 Å². The maximum atomic E-state index is 11.6. The molecule has 5 nitrogen and oxygen atoms in total.